The Morgan fingerprint density at radius 1 is 0.744 bits per heavy atom. The van der Waals surface area contributed by atoms with Crippen molar-refractivity contribution in [2.24, 2.45) is 5.92 Å². The normalized spacial score (nSPS) is 17.9. The Morgan fingerprint density at radius 3 is 1.64 bits per heavy atom. The topological polar surface area (TPSA) is 128 Å². The average Bonchev–Trinajstić information content (AvgIpc) is 2.91. The summed E-state index contributed by atoms with van der Waals surface area (Å²) in [6, 6.07) is 3.50. The SMILES string of the molecule is COc1cc2c(c(OC)c1OC)-c1c(cc(OC)c(OC)c1OC)C[C@](O)(COC(C)=O)[C@@H](COC(C)=O)C2. The Labute approximate surface area is 227 Å². The van der Waals surface area contributed by atoms with Crippen LogP contribution in [0.1, 0.15) is 25.0 Å². The molecule has 11 heteroatoms. The van der Waals surface area contributed by atoms with Crippen LogP contribution in [0.4, 0.5) is 0 Å². The third-order valence-corrected chi connectivity index (χ3v) is 6.81. The smallest absolute Gasteiger partial charge is 0.302 e. The summed E-state index contributed by atoms with van der Waals surface area (Å²) in [5, 5.41) is 12.1. The highest BCUT2D eigenvalue weighted by Crippen LogP contribution is 2.56. The molecule has 0 radical (unpaired) electrons. The van der Waals surface area contributed by atoms with Crippen molar-refractivity contribution in [2.75, 3.05) is 55.9 Å². The number of hydrogen-bond donors (Lipinski definition) is 1. The molecular formula is C28H36O11. The van der Waals surface area contributed by atoms with Crippen molar-refractivity contribution in [3.63, 3.8) is 0 Å². The summed E-state index contributed by atoms with van der Waals surface area (Å²) in [7, 11) is 9.00. The van der Waals surface area contributed by atoms with Crippen LogP contribution in [0.2, 0.25) is 0 Å². The first kappa shape index (κ1) is 29.7. The van der Waals surface area contributed by atoms with Crippen LogP contribution in [0.25, 0.3) is 11.1 Å². The molecular weight excluding hydrogens is 512 g/mol. The van der Waals surface area contributed by atoms with E-state index in [4.69, 9.17) is 37.9 Å². The van der Waals surface area contributed by atoms with Gasteiger partial charge in [-0.05, 0) is 29.7 Å². The van der Waals surface area contributed by atoms with Crippen molar-refractivity contribution in [2.45, 2.75) is 32.3 Å². The molecule has 214 valence electrons. The maximum atomic E-state index is 12.1. The van der Waals surface area contributed by atoms with Gasteiger partial charge in [-0.15, -0.1) is 0 Å². The fourth-order valence-corrected chi connectivity index (χ4v) is 5.02. The third-order valence-electron chi connectivity index (χ3n) is 6.81. The predicted molar refractivity (Wildman–Crippen MR) is 140 cm³/mol. The second kappa shape index (κ2) is 12.3. The molecule has 2 atom stereocenters. The van der Waals surface area contributed by atoms with E-state index in [-0.39, 0.29) is 26.1 Å². The van der Waals surface area contributed by atoms with Gasteiger partial charge in [-0.1, -0.05) is 0 Å². The van der Waals surface area contributed by atoms with E-state index >= 15 is 0 Å². The molecule has 0 spiro atoms. The summed E-state index contributed by atoms with van der Waals surface area (Å²) >= 11 is 0. The Morgan fingerprint density at radius 2 is 1.21 bits per heavy atom. The van der Waals surface area contributed by atoms with Crippen molar-refractivity contribution in [3.8, 4) is 45.6 Å². The van der Waals surface area contributed by atoms with Crippen LogP contribution < -0.4 is 28.4 Å². The number of ether oxygens (including phenoxy) is 8. The third kappa shape index (κ3) is 5.78. The molecule has 1 aliphatic carbocycles. The van der Waals surface area contributed by atoms with Crippen LogP contribution >= 0.6 is 0 Å². The van der Waals surface area contributed by atoms with Gasteiger partial charge in [0.15, 0.2) is 23.0 Å². The molecule has 0 saturated heterocycles. The lowest BCUT2D eigenvalue weighted by Gasteiger charge is -2.39. The fraction of sp³-hybridized carbons (Fsp3) is 0.500. The minimum Gasteiger partial charge on any atom is -0.493 e. The minimum absolute atomic E-state index is 0.0187. The fourth-order valence-electron chi connectivity index (χ4n) is 5.02. The number of esters is 2. The van der Waals surface area contributed by atoms with E-state index in [1.165, 1.54) is 56.5 Å². The van der Waals surface area contributed by atoms with Gasteiger partial charge in [-0.2, -0.15) is 0 Å². The predicted octanol–water partition coefficient (Wildman–Crippen LogP) is 2.98. The first-order valence-corrected chi connectivity index (χ1v) is 12.2. The van der Waals surface area contributed by atoms with E-state index in [9.17, 15) is 14.7 Å². The summed E-state index contributed by atoms with van der Waals surface area (Å²) in [6.45, 7) is 2.07. The second-order valence-corrected chi connectivity index (χ2v) is 9.12. The zero-order chi connectivity index (χ0) is 28.9. The lowest BCUT2D eigenvalue weighted by atomic mass is 9.73. The van der Waals surface area contributed by atoms with Gasteiger partial charge >= 0.3 is 11.9 Å². The lowest BCUT2D eigenvalue weighted by Crippen LogP contribution is -2.49. The number of carbonyl (C=O) groups is 2. The number of aliphatic hydroxyl groups is 1. The summed E-state index contributed by atoms with van der Waals surface area (Å²) in [5.41, 5.74) is 0.784. The van der Waals surface area contributed by atoms with Gasteiger partial charge in [0, 0.05) is 37.3 Å². The summed E-state index contributed by atoms with van der Waals surface area (Å²) in [5.74, 6) is 0.388. The van der Waals surface area contributed by atoms with Crippen molar-refractivity contribution in [1.29, 1.82) is 0 Å². The first-order valence-electron chi connectivity index (χ1n) is 12.2. The van der Waals surface area contributed by atoms with Crippen LogP contribution in [0.3, 0.4) is 0 Å². The van der Waals surface area contributed by atoms with Crippen molar-refractivity contribution in [3.05, 3.63) is 23.3 Å². The summed E-state index contributed by atoms with van der Waals surface area (Å²) in [6.07, 6.45) is 0.170. The number of hydrogen-bond acceptors (Lipinski definition) is 11. The van der Waals surface area contributed by atoms with E-state index < -0.39 is 23.5 Å². The zero-order valence-electron chi connectivity index (χ0n) is 23.6. The molecule has 0 aromatic heterocycles. The van der Waals surface area contributed by atoms with Crippen molar-refractivity contribution in [1.82, 2.24) is 0 Å². The number of fused-ring (bicyclic) bond motifs is 3. The van der Waals surface area contributed by atoms with Gasteiger partial charge in [-0.3, -0.25) is 9.59 Å². The van der Waals surface area contributed by atoms with Gasteiger partial charge in [0.1, 0.15) is 12.2 Å². The molecule has 0 unspecified atom stereocenters. The van der Waals surface area contributed by atoms with Crippen LogP contribution in [0.5, 0.6) is 34.5 Å². The Hall–Kier alpha value is -3.86. The first-order chi connectivity index (χ1) is 18.6. The molecule has 11 nitrogen and oxygen atoms in total. The molecule has 0 amide bonds. The molecule has 3 rings (SSSR count). The van der Waals surface area contributed by atoms with Crippen LogP contribution in [-0.4, -0.2) is 78.5 Å². The van der Waals surface area contributed by atoms with Crippen molar-refractivity contribution >= 4 is 11.9 Å². The largest absolute Gasteiger partial charge is 0.493 e. The molecule has 0 aliphatic heterocycles. The van der Waals surface area contributed by atoms with E-state index in [1.54, 1.807) is 12.1 Å². The van der Waals surface area contributed by atoms with Crippen LogP contribution in [0.15, 0.2) is 12.1 Å². The molecule has 0 fully saturated rings. The average molecular weight is 549 g/mol. The van der Waals surface area contributed by atoms with E-state index in [1.807, 2.05) is 0 Å². The van der Waals surface area contributed by atoms with Crippen LogP contribution in [-0.2, 0) is 31.9 Å². The summed E-state index contributed by atoms with van der Waals surface area (Å²) in [4.78, 5) is 23.6. The molecule has 0 saturated carbocycles. The quantitative estimate of drug-likeness (QED) is 0.440. The second-order valence-electron chi connectivity index (χ2n) is 9.12. The Bertz CT molecular complexity index is 1220. The highest BCUT2D eigenvalue weighted by Gasteiger charge is 2.44. The molecule has 1 N–H and O–H groups in total. The van der Waals surface area contributed by atoms with Gasteiger partial charge in [0.05, 0.1) is 49.3 Å². The molecule has 0 heterocycles. The summed E-state index contributed by atoms with van der Waals surface area (Å²) < 4.78 is 45.0. The van der Waals surface area contributed by atoms with Gasteiger partial charge in [-0.25, -0.2) is 0 Å². The van der Waals surface area contributed by atoms with E-state index in [2.05, 4.69) is 0 Å². The molecule has 1 aliphatic rings. The standard InChI is InChI=1S/C28H36O11/c1-15(29)38-13-19-9-17-10-20(32-3)24(34-5)26(36-7)22(17)23-18(12-28(19,31)14-39-16(2)30)11-21(33-4)25(35-6)27(23)37-8/h10-11,19,31H,9,12-14H2,1-8H3/t19-,28+/m1/s1. The monoisotopic (exact) mass is 548 g/mol. The van der Waals surface area contributed by atoms with E-state index in [0.717, 1.165) is 0 Å². The zero-order valence-corrected chi connectivity index (χ0v) is 23.6. The van der Waals surface area contributed by atoms with Gasteiger partial charge in [0.25, 0.3) is 0 Å². The lowest BCUT2D eigenvalue weighted by molar-refractivity contribution is -0.159. The molecule has 2 aromatic carbocycles. The number of carbonyl (C=O) groups excluding carboxylic acids is 2. The highest BCUT2D eigenvalue weighted by molar-refractivity contribution is 5.88. The Kier molecular flexibility index (Phi) is 9.39. The highest BCUT2D eigenvalue weighted by atomic mass is 16.6. The maximum Gasteiger partial charge on any atom is 0.302 e. The number of benzene rings is 2. The minimum atomic E-state index is -1.65. The maximum absolute atomic E-state index is 12.1. The molecule has 39 heavy (non-hydrogen) atoms. The van der Waals surface area contributed by atoms with Crippen LogP contribution in [0, 0.1) is 5.92 Å². The van der Waals surface area contributed by atoms with Crippen molar-refractivity contribution < 1.29 is 52.6 Å². The molecule has 0 bridgehead atoms. The van der Waals surface area contributed by atoms with Gasteiger partial charge in [0.2, 0.25) is 11.5 Å². The molecule has 2 aromatic rings. The number of rotatable bonds is 10. The number of methoxy groups -OCH3 is 6. The Balaban J connectivity index is 2.48. The van der Waals surface area contributed by atoms with Gasteiger partial charge < -0.3 is 43.0 Å². The van der Waals surface area contributed by atoms with E-state index in [0.29, 0.717) is 56.8 Å².